The summed E-state index contributed by atoms with van der Waals surface area (Å²) in [7, 11) is 0. The van der Waals surface area contributed by atoms with Gasteiger partial charge in [-0.15, -0.1) is 0 Å². The van der Waals surface area contributed by atoms with Gasteiger partial charge in [0, 0.05) is 3.57 Å². The van der Waals surface area contributed by atoms with Crippen LogP contribution in [0.15, 0.2) is 18.2 Å². The number of anilines is 1. The summed E-state index contributed by atoms with van der Waals surface area (Å²) in [4.78, 5) is 11.3. The van der Waals surface area contributed by atoms with Gasteiger partial charge in [0.15, 0.2) is 0 Å². The highest BCUT2D eigenvalue weighted by atomic mass is 127. The van der Waals surface area contributed by atoms with Crippen molar-refractivity contribution in [3.8, 4) is 0 Å². The molecule has 0 saturated carbocycles. The van der Waals surface area contributed by atoms with Crippen molar-refractivity contribution in [1.29, 1.82) is 0 Å². The molecular formula is C9H11IN2O2. The molecule has 3 N–H and O–H groups in total. The molecule has 0 heterocycles. The topological polar surface area (TPSA) is 64.3 Å². The van der Waals surface area contributed by atoms with Crippen LogP contribution in [0, 0.1) is 3.57 Å². The van der Waals surface area contributed by atoms with E-state index in [9.17, 15) is 4.79 Å². The molecule has 0 aliphatic carbocycles. The minimum absolute atomic E-state index is 0.333. The molecule has 0 bridgehead atoms. The van der Waals surface area contributed by atoms with Crippen LogP contribution in [0.4, 0.5) is 5.69 Å². The molecular weight excluding hydrogens is 295 g/mol. The number of nitrogens with two attached hydrogens (primary N) is 1. The SMILES string of the molecule is CCOC(=O)c1ccc(I)c(NN)c1. The van der Waals surface area contributed by atoms with Crippen molar-refractivity contribution < 1.29 is 9.53 Å². The Morgan fingerprint density at radius 2 is 2.36 bits per heavy atom. The molecule has 0 aromatic heterocycles. The Balaban J connectivity index is 2.94. The van der Waals surface area contributed by atoms with E-state index in [4.69, 9.17) is 10.6 Å². The third kappa shape index (κ3) is 2.58. The molecule has 1 aromatic carbocycles. The highest BCUT2D eigenvalue weighted by Crippen LogP contribution is 2.19. The van der Waals surface area contributed by atoms with Crippen LogP contribution in [0.3, 0.4) is 0 Å². The predicted molar refractivity (Wildman–Crippen MR) is 62.9 cm³/mol. The highest BCUT2D eigenvalue weighted by Gasteiger charge is 2.08. The summed E-state index contributed by atoms with van der Waals surface area (Å²) in [5, 5.41) is 0. The molecule has 0 spiro atoms. The standard InChI is InChI=1S/C9H11IN2O2/c1-2-14-9(13)6-3-4-7(10)8(5-6)12-11/h3-5,12H,2,11H2,1H3. The zero-order valence-corrected chi connectivity index (χ0v) is 9.87. The van der Waals surface area contributed by atoms with E-state index < -0.39 is 0 Å². The Labute approximate surface area is 95.9 Å². The molecule has 0 fully saturated rings. The first-order chi connectivity index (χ1) is 6.69. The zero-order valence-electron chi connectivity index (χ0n) is 7.71. The molecule has 0 amide bonds. The summed E-state index contributed by atoms with van der Waals surface area (Å²) >= 11 is 2.13. The van der Waals surface area contributed by atoms with Crippen molar-refractivity contribution in [2.45, 2.75) is 6.92 Å². The maximum absolute atomic E-state index is 11.3. The molecule has 0 aliphatic heterocycles. The Hall–Kier alpha value is -0.820. The molecule has 0 saturated heterocycles. The van der Waals surface area contributed by atoms with E-state index in [0.717, 1.165) is 9.26 Å². The first-order valence-electron chi connectivity index (χ1n) is 4.12. The second-order valence-electron chi connectivity index (χ2n) is 2.56. The lowest BCUT2D eigenvalue weighted by atomic mass is 10.2. The smallest absolute Gasteiger partial charge is 0.338 e. The van der Waals surface area contributed by atoms with Gasteiger partial charge in [-0.2, -0.15) is 0 Å². The Morgan fingerprint density at radius 1 is 1.64 bits per heavy atom. The number of halogens is 1. The van der Waals surface area contributed by atoms with E-state index in [1.165, 1.54) is 0 Å². The van der Waals surface area contributed by atoms with E-state index >= 15 is 0 Å². The first kappa shape index (κ1) is 11.3. The fourth-order valence-electron chi connectivity index (χ4n) is 0.977. The van der Waals surface area contributed by atoms with Gasteiger partial charge in [0.2, 0.25) is 0 Å². The number of hydrazine groups is 1. The molecule has 1 rings (SSSR count). The number of carbonyl (C=O) groups is 1. The predicted octanol–water partition coefficient (Wildman–Crippen LogP) is 1.75. The lowest BCUT2D eigenvalue weighted by Crippen LogP contribution is -2.10. The monoisotopic (exact) mass is 306 g/mol. The number of nitrogen functional groups attached to an aromatic ring is 1. The van der Waals surface area contributed by atoms with Crippen LogP contribution in [-0.2, 0) is 4.74 Å². The van der Waals surface area contributed by atoms with Crippen LogP contribution in [0.2, 0.25) is 0 Å². The number of hydrogen-bond donors (Lipinski definition) is 2. The maximum atomic E-state index is 11.3. The summed E-state index contributed by atoms with van der Waals surface area (Å²) in [5.41, 5.74) is 3.74. The van der Waals surface area contributed by atoms with E-state index in [1.54, 1.807) is 19.1 Å². The number of benzene rings is 1. The van der Waals surface area contributed by atoms with Crippen LogP contribution >= 0.6 is 22.6 Å². The second-order valence-corrected chi connectivity index (χ2v) is 3.72. The average Bonchev–Trinajstić information content (AvgIpc) is 2.19. The van der Waals surface area contributed by atoms with Gasteiger partial charge in [0.05, 0.1) is 17.9 Å². The van der Waals surface area contributed by atoms with Crippen molar-refractivity contribution in [3.05, 3.63) is 27.3 Å². The lowest BCUT2D eigenvalue weighted by molar-refractivity contribution is 0.0526. The van der Waals surface area contributed by atoms with Crippen molar-refractivity contribution in [3.63, 3.8) is 0 Å². The Bertz CT molecular complexity index is 342. The van der Waals surface area contributed by atoms with Crippen LogP contribution in [-0.4, -0.2) is 12.6 Å². The highest BCUT2D eigenvalue weighted by molar-refractivity contribution is 14.1. The largest absolute Gasteiger partial charge is 0.462 e. The molecule has 0 radical (unpaired) electrons. The molecule has 4 nitrogen and oxygen atoms in total. The summed E-state index contributed by atoms with van der Waals surface area (Å²) in [6, 6.07) is 5.18. The van der Waals surface area contributed by atoms with E-state index in [0.29, 0.717) is 12.2 Å². The molecule has 0 aliphatic rings. The quantitative estimate of drug-likeness (QED) is 0.386. The van der Waals surface area contributed by atoms with Gasteiger partial charge in [-0.05, 0) is 47.7 Å². The van der Waals surface area contributed by atoms with Crippen LogP contribution < -0.4 is 11.3 Å². The maximum Gasteiger partial charge on any atom is 0.338 e. The number of hydrogen-bond acceptors (Lipinski definition) is 4. The van der Waals surface area contributed by atoms with Gasteiger partial charge in [-0.25, -0.2) is 4.79 Å². The van der Waals surface area contributed by atoms with Gasteiger partial charge in [0.25, 0.3) is 0 Å². The van der Waals surface area contributed by atoms with Gasteiger partial charge in [-0.3, -0.25) is 5.84 Å². The van der Waals surface area contributed by atoms with Crippen molar-refractivity contribution in [1.82, 2.24) is 0 Å². The molecule has 1 aromatic rings. The number of nitrogens with one attached hydrogen (secondary N) is 1. The third-order valence-corrected chi connectivity index (χ3v) is 2.57. The molecule has 76 valence electrons. The van der Waals surface area contributed by atoms with E-state index in [1.807, 2.05) is 6.07 Å². The number of ether oxygens (including phenoxy) is 1. The van der Waals surface area contributed by atoms with Gasteiger partial charge >= 0.3 is 5.97 Å². The molecule has 0 unspecified atom stereocenters. The fraction of sp³-hybridized carbons (Fsp3) is 0.222. The summed E-state index contributed by atoms with van der Waals surface area (Å²) in [5.74, 6) is 4.95. The molecule has 0 atom stereocenters. The van der Waals surface area contributed by atoms with Crippen molar-refractivity contribution >= 4 is 34.2 Å². The van der Waals surface area contributed by atoms with Crippen molar-refractivity contribution in [2.75, 3.05) is 12.0 Å². The first-order valence-corrected chi connectivity index (χ1v) is 5.20. The number of carbonyl (C=O) groups excluding carboxylic acids is 1. The third-order valence-electron chi connectivity index (χ3n) is 1.63. The Kier molecular flexibility index (Phi) is 4.15. The molecule has 5 heteroatoms. The summed E-state index contributed by atoms with van der Waals surface area (Å²) in [6.45, 7) is 2.14. The Morgan fingerprint density at radius 3 is 2.93 bits per heavy atom. The average molecular weight is 306 g/mol. The normalized spacial score (nSPS) is 9.64. The summed E-state index contributed by atoms with van der Waals surface area (Å²) < 4.78 is 5.81. The van der Waals surface area contributed by atoms with Crippen LogP contribution in [0.25, 0.3) is 0 Å². The van der Waals surface area contributed by atoms with E-state index in [-0.39, 0.29) is 5.97 Å². The minimum atomic E-state index is -0.333. The van der Waals surface area contributed by atoms with Gasteiger partial charge < -0.3 is 10.2 Å². The number of esters is 1. The van der Waals surface area contributed by atoms with Gasteiger partial charge in [0.1, 0.15) is 0 Å². The molecule has 14 heavy (non-hydrogen) atoms. The van der Waals surface area contributed by atoms with Crippen LogP contribution in [0.1, 0.15) is 17.3 Å². The van der Waals surface area contributed by atoms with Crippen LogP contribution in [0.5, 0.6) is 0 Å². The second kappa shape index (κ2) is 5.16. The van der Waals surface area contributed by atoms with E-state index in [2.05, 4.69) is 28.0 Å². The van der Waals surface area contributed by atoms with Crippen molar-refractivity contribution in [2.24, 2.45) is 5.84 Å². The number of rotatable bonds is 3. The lowest BCUT2D eigenvalue weighted by Gasteiger charge is -2.06. The minimum Gasteiger partial charge on any atom is -0.462 e. The van der Waals surface area contributed by atoms with Gasteiger partial charge in [-0.1, -0.05) is 0 Å². The zero-order chi connectivity index (χ0) is 10.6. The fourth-order valence-corrected chi connectivity index (χ4v) is 1.47. The summed E-state index contributed by atoms with van der Waals surface area (Å²) in [6.07, 6.45) is 0.